The van der Waals surface area contributed by atoms with E-state index in [0.29, 0.717) is 23.4 Å². The Balaban J connectivity index is 1.75. The van der Waals surface area contributed by atoms with E-state index in [-0.39, 0.29) is 5.91 Å². The van der Waals surface area contributed by atoms with E-state index in [1.54, 1.807) is 10.8 Å². The first-order valence-corrected chi connectivity index (χ1v) is 9.30. The fraction of sp³-hybridized carbons (Fsp3) is 0.250. The quantitative estimate of drug-likeness (QED) is 0.511. The zero-order chi connectivity index (χ0) is 17.8. The lowest BCUT2D eigenvalue weighted by Gasteiger charge is -2.11. The minimum atomic E-state index is -0.173. The van der Waals surface area contributed by atoms with Crippen LogP contribution in [-0.2, 0) is 13.5 Å². The molecule has 25 heavy (non-hydrogen) atoms. The molecule has 130 valence electrons. The van der Waals surface area contributed by atoms with Gasteiger partial charge < -0.3 is 9.88 Å². The molecule has 0 radical (unpaired) electrons. The summed E-state index contributed by atoms with van der Waals surface area (Å²) in [5, 5.41) is 10.6. The largest absolute Gasteiger partial charge is 0.350 e. The summed E-state index contributed by atoms with van der Waals surface area (Å²) in [6.45, 7) is 0.459. The monoisotopic (exact) mass is 374 g/mol. The summed E-state index contributed by atoms with van der Waals surface area (Å²) in [5.74, 6) is 0.625. The standard InChI is InChI=1S/C16H18N6OS2/c1-21-13(19-20-15(21)24)8-9-17-14(23)12-10-18-16(25-2)22(12)11-6-4-3-5-7-11/h3-7,10H,8-9H2,1-2H3,(H,17,23)(H,20,24). The van der Waals surface area contributed by atoms with Crippen LogP contribution in [0.3, 0.4) is 0 Å². The first-order valence-electron chi connectivity index (χ1n) is 7.67. The summed E-state index contributed by atoms with van der Waals surface area (Å²) in [5.41, 5.74) is 1.41. The van der Waals surface area contributed by atoms with Crippen molar-refractivity contribution in [2.75, 3.05) is 12.8 Å². The minimum absolute atomic E-state index is 0.173. The zero-order valence-electron chi connectivity index (χ0n) is 13.9. The molecule has 0 spiro atoms. The van der Waals surface area contributed by atoms with Crippen molar-refractivity contribution < 1.29 is 4.79 Å². The Morgan fingerprint density at radius 2 is 2.12 bits per heavy atom. The molecule has 0 aliphatic heterocycles. The van der Waals surface area contributed by atoms with Crippen LogP contribution in [0.25, 0.3) is 5.69 Å². The van der Waals surface area contributed by atoms with Gasteiger partial charge in [0.1, 0.15) is 11.5 Å². The number of aromatic nitrogens is 5. The van der Waals surface area contributed by atoms with Crippen LogP contribution in [0.2, 0.25) is 0 Å². The number of rotatable bonds is 6. The lowest BCUT2D eigenvalue weighted by Crippen LogP contribution is -2.28. The number of imidazole rings is 1. The van der Waals surface area contributed by atoms with Gasteiger partial charge in [-0.15, -0.1) is 0 Å². The Morgan fingerprint density at radius 1 is 1.36 bits per heavy atom. The van der Waals surface area contributed by atoms with E-state index in [1.165, 1.54) is 11.8 Å². The Hall–Kier alpha value is -2.39. The second-order valence-corrected chi connectivity index (χ2v) is 6.47. The van der Waals surface area contributed by atoms with Crippen LogP contribution >= 0.6 is 24.0 Å². The van der Waals surface area contributed by atoms with Gasteiger partial charge in [0.15, 0.2) is 9.93 Å². The van der Waals surface area contributed by atoms with Crippen LogP contribution in [0, 0.1) is 4.77 Å². The molecule has 0 aliphatic carbocycles. The number of thioether (sulfide) groups is 1. The summed E-state index contributed by atoms with van der Waals surface area (Å²) < 4.78 is 4.21. The van der Waals surface area contributed by atoms with E-state index in [0.717, 1.165) is 16.7 Å². The maximum Gasteiger partial charge on any atom is 0.269 e. The van der Waals surface area contributed by atoms with E-state index in [9.17, 15) is 4.79 Å². The normalized spacial score (nSPS) is 10.8. The van der Waals surface area contributed by atoms with Gasteiger partial charge in [0.2, 0.25) is 0 Å². The minimum Gasteiger partial charge on any atom is -0.350 e. The average molecular weight is 374 g/mol. The maximum atomic E-state index is 12.6. The zero-order valence-corrected chi connectivity index (χ0v) is 15.5. The molecule has 1 aromatic carbocycles. The molecular formula is C16H18N6OS2. The molecule has 0 atom stereocenters. The Kier molecular flexibility index (Phi) is 5.34. The fourth-order valence-corrected chi connectivity index (χ4v) is 3.14. The first-order chi connectivity index (χ1) is 12.1. The molecule has 1 amide bonds. The van der Waals surface area contributed by atoms with Crippen LogP contribution in [0.4, 0.5) is 0 Å². The lowest BCUT2D eigenvalue weighted by atomic mass is 10.3. The van der Waals surface area contributed by atoms with Gasteiger partial charge in [0, 0.05) is 25.7 Å². The van der Waals surface area contributed by atoms with Crippen molar-refractivity contribution >= 4 is 29.9 Å². The molecular weight excluding hydrogens is 356 g/mol. The molecule has 9 heteroatoms. The summed E-state index contributed by atoms with van der Waals surface area (Å²) in [7, 11) is 1.85. The van der Waals surface area contributed by atoms with E-state index < -0.39 is 0 Å². The Bertz CT molecular complexity index is 928. The van der Waals surface area contributed by atoms with Crippen LogP contribution in [-0.4, -0.2) is 43.0 Å². The van der Waals surface area contributed by atoms with Gasteiger partial charge in [0.25, 0.3) is 5.91 Å². The number of hydrogen-bond acceptors (Lipinski definition) is 5. The number of hydrogen-bond donors (Lipinski definition) is 2. The molecule has 0 fully saturated rings. The van der Waals surface area contributed by atoms with E-state index in [1.807, 2.05) is 48.2 Å². The third kappa shape index (κ3) is 3.67. The molecule has 7 nitrogen and oxygen atoms in total. The van der Waals surface area contributed by atoms with Crippen molar-refractivity contribution in [3.05, 3.63) is 52.8 Å². The molecule has 0 bridgehead atoms. The summed E-state index contributed by atoms with van der Waals surface area (Å²) in [6.07, 6.45) is 4.13. The lowest BCUT2D eigenvalue weighted by molar-refractivity contribution is 0.0946. The van der Waals surface area contributed by atoms with Crippen LogP contribution in [0.5, 0.6) is 0 Å². The van der Waals surface area contributed by atoms with Crippen LogP contribution in [0.1, 0.15) is 16.3 Å². The second-order valence-electron chi connectivity index (χ2n) is 5.31. The maximum absolute atomic E-state index is 12.6. The molecule has 0 saturated carbocycles. The number of aromatic amines is 1. The average Bonchev–Trinajstić information content (AvgIpc) is 3.20. The molecule has 3 rings (SSSR count). The summed E-state index contributed by atoms with van der Waals surface area (Å²) in [4.78, 5) is 17.0. The predicted octanol–water partition coefficient (Wildman–Crippen LogP) is 2.36. The van der Waals surface area contributed by atoms with Gasteiger partial charge in [-0.25, -0.2) is 4.98 Å². The number of carbonyl (C=O) groups excluding carboxylic acids is 1. The molecule has 2 heterocycles. The number of H-pyrrole nitrogens is 1. The van der Waals surface area contributed by atoms with Crippen molar-refractivity contribution in [1.82, 2.24) is 29.6 Å². The van der Waals surface area contributed by atoms with Gasteiger partial charge in [-0.1, -0.05) is 30.0 Å². The second kappa shape index (κ2) is 7.66. The fourth-order valence-electron chi connectivity index (χ4n) is 2.45. The SMILES string of the molecule is CSc1ncc(C(=O)NCCc2n[nH]c(=S)n2C)n1-c1ccccc1. The van der Waals surface area contributed by atoms with Crippen molar-refractivity contribution in [3.8, 4) is 5.69 Å². The molecule has 3 aromatic rings. The number of benzene rings is 1. The number of para-hydroxylation sites is 1. The number of amides is 1. The predicted molar refractivity (Wildman–Crippen MR) is 99.8 cm³/mol. The smallest absolute Gasteiger partial charge is 0.269 e. The summed E-state index contributed by atoms with van der Waals surface area (Å²) >= 11 is 6.58. The number of nitrogens with one attached hydrogen (secondary N) is 2. The Morgan fingerprint density at radius 3 is 2.76 bits per heavy atom. The van der Waals surface area contributed by atoms with E-state index >= 15 is 0 Å². The molecule has 2 N–H and O–H groups in total. The number of nitrogens with zero attached hydrogens (tertiary/aromatic N) is 4. The highest BCUT2D eigenvalue weighted by Crippen LogP contribution is 2.21. The van der Waals surface area contributed by atoms with Crippen molar-refractivity contribution in [2.24, 2.45) is 7.05 Å². The Labute approximate surface area is 154 Å². The van der Waals surface area contributed by atoms with E-state index in [2.05, 4.69) is 20.5 Å². The van der Waals surface area contributed by atoms with Gasteiger partial charge in [-0.05, 0) is 30.6 Å². The van der Waals surface area contributed by atoms with Crippen LogP contribution < -0.4 is 5.32 Å². The topological polar surface area (TPSA) is 80.5 Å². The van der Waals surface area contributed by atoms with Crippen LogP contribution in [0.15, 0.2) is 41.7 Å². The molecule has 0 saturated heterocycles. The molecule has 0 aliphatic rings. The van der Waals surface area contributed by atoms with Gasteiger partial charge in [0.05, 0.1) is 6.20 Å². The third-order valence-electron chi connectivity index (χ3n) is 3.77. The summed E-state index contributed by atoms with van der Waals surface area (Å²) in [6, 6.07) is 9.71. The highest BCUT2D eigenvalue weighted by atomic mass is 32.2. The van der Waals surface area contributed by atoms with Crippen molar-refractivity contribution in [3.63, 3.8) is 0 Å². The van der Waals surface area contributed by atoms with Crippen molar-refractivity contribution in [2.45, 2.75) is 11.6 Å². The van der Waals surface area contributed by atoms with E-state index in [4.69, 9.17) is 12.2 Å². The van der Waals surface area contributed by atoms with Gasteiger partial charge >= 0.3 is 0 Å². The highest BCUT2D eigenvalue weighted by molar-refractivity contribution is 7.98. The number of carbonyl (C=O) groups is 1. The highest BCUT2D eigenvalue weighted by Gasteiger charge is 2.17. The molecule has 0 unspecified atom stereocenters. The molecule has 2 aromatic heterocycles. The van der Waals surface area contributed by atoms with Gasteiger partial charge in [-0.3, -0.25) is 14.5 Å². The van der Waals surface area contributed by atoms with Gasteiger partial charge in [-0.2, -0.15) is 5.10 Å². The first kappa shape index (κ1) is 17.4. The third-order valence-corrected chi connectivity index (χ3v) is 4.78. The van der Waals surface area contributed by atoms with Crippen molar-refractivity contribution in [1.29, 1.82) is 0 Å².